The summed E-state index contributed by atoms with van der Waals surface area (Å²) in [4.78, 5) is 24.9. The van der Waals surface area contributed by atoms with Gasteiger partial charge in [0, 0.05) is 25.9 Å². The van der Waals surface area contributed by atoms with Crippen LogP contribution < -0.4 is 0 Å². The van der Waals surface area contributed by atoms with Crippen LogP contribution in [0.3, 0.4) is 0 Å². The van der Waals surface area contributed by atoms with E-state index in [0.29, 0.717) is 32.5 Å². The highest BCUT2D eigenvalue weighted by molar-refractivity contribution is 5.76. The molecule has 0 aromatic rings. The zero-order valence-electron chi connectivity index (χ0n) is 14.0. The number of hydrogen-bond donors (Lipinski definition) is 0. The lowest BCUT2D eigenvalue weighted by Gasteiger charge is -2.19. The Morgan fingerprint density at radius 3 is 1.91 bits per heavy atom. The van der Waals surface area contributed by atoms with Gasteiger partial charge in [-0.2, -0.15) is 0 Å². The van der Waals surface area contributed by atoms with Crippen molar-refractivity contribution in [2.24, 2.45) is 0 Å². The van der Waals surface area contributed by atoms with Crippen molar-refractivity contribution in [3.8, 4) is 0 Å². The number of unbranched alkanes of at least 4 members (excludes halogenated alkanes) is 5. The molecule has 0 aliphatic heterocycles. The first-order valence-electron chi connectivity index (χ1n) is 8.30. The standard InChI is InChI=1S/C18H31NO3/c1-4-15-19(16-5-2)17(20)13-11-9-7-8-10-12-14-18(21)22-6-3/h4-5H,1-2,6-16H2,3H3. The van der Waals surface area contributed by atoms with Gasteiger partial charge in [-0.1, -0.05) is 37.8 Å². The highest BCUT2D eigenvalue weighted by Gasteiger charge is 2.09. The van der Waals surface area contributed by atoms with E-state index < -0.39 is 0 Å². The molecule has 0 N–H and O–H groups in total. The van der Waals surface area contributed by atoms with E-state index in [1.165, 1.54) is 0 Å². The topological polar surface area (TPSA) is 46.6 Å². The summed E-state index contributed by atoms with van der Waals surface area (Å²) in [6.45, 7) is 10.8. The highest BCUT2D eigenvalue weighted by atomic mass is 16.5. The molecule has 0 aromatic carbocycles. The first kappa shape index (κ1) is 20.4. The van der Waals surface area contributed by atoms with Crippen molar-refractivity contribution in [1.29, 1.82) is 0 Å². The summed E-state index contributed by atoms with van der Waals surface area (Å²) in [5, 5.41) is 0. The molecule has 4 heteroatoms. The van der Waals surface area contributed by atoms with Crippen LogP contribution in [0.15, 0.2) is 25.3 Å². The molecule has 4 nitrogen and oxygen atoms in total. The number of hydrogen-bond acceptors (Lipinski definition) is 3. The molecule has 0 heterocycles. The minimum absolute atomic E-state index is 0.0994. The van der Waals surface area contributed by atoms with Crippen LogP contribution in [0.1, 0.15) is 58.3 Å². The number of ether oxygens (including phenoxy) is 1. The second kappa shape index (κ2) is 14.4. The normalized spacial score (nSPS) is 10.0. The summed E-state index contributed by atoms with van der Waals surface area (Å²) in [5.41, 5.74) is 0. The fourth-order valence-electron chi connectivity index (χ4n) is 2.23. The molecule has 0 rings (SSSR count). The van der Waals surface area contributed by atoms with Crippen molar-refractivity contribution in [2.75, 3.05) is 19.7 Å². The fraction of sp³-hybridized carbons (Fsp3) is 0.667. The largest absolute Gasteiger partial charge is 0.466 e. The zero-order valence-corrected chi connectivity index (χ0v) is 14.0. The van der Waals surface area contributed by atoms with Crippen LogP contribution in [-0.2, 0) is 14.3 Å². The van der Waals surface area contributed by atoms with E-state index in [-0.39, 0.29) is 11.9 Å². The van der Waals surface area contributed by atoms with Gasteiger partial charge in [0.25, 0.3) is 0 Å². The van der Waals surface area contributed by atoms with E-state index >= 15 is 0 Å². The summed E-state index contributed by atoms with van der Waals surface area (Å²) in [5.74, 6) is 0.0692. The Kier molecular flexibility index (Phi) is 13.3. The van der Waals surface area contributed by atoms with Crippen LogP contribution in [-0.4, -0.2) is 36.5 Å². The van der Waals surface area contributed by atoms with E-state index in [1.54, 1.807) is 17.1 Å². The number of esters is 1. The zero-order chi connectivity index (χ0) is 16.6. The molecule has 0 aliphatic rings. The summed E-state index contributed by atoms with van der Waals surface area (Å²) < 4.78 is 4.88. The van der Waals surface area contributed by atoms with Gasteiger partial charge in [0.15, 0.2) is 0 Å². The lowest BCUT2D eigenvalue weighted by atomic mass is 10.1. The predicted molar refractivity (Wildman–Crippen MR) is 90.5 cm³/mol. The molecule has 0 aliphatic carbocycles. The van der Waals surface area contributed by atoms with Crippen LogP contribution in [0.4, 0.5) is 0 Å². The van der Waals surface area contributed by atoms with Crippen LogP contribution in [0.25, 0.3) is 0 Å². The molecule has 22 heavy (non-hydrogen) atoms. The average Bonchev–Trinajstić information content (AvgIpc) is 2.49. The van der Waals surface area contributed by atoms with Crippen molar-refractivity contribution < 1.29 is 14.3 Å². The molecule has 0 fully saturated rings. The molecule has 0 spiro atoms. The van der Waals surface area contributed by atoms with Gasteiger partial charge in [-0.05, 0) is 19.8 Å². The van der Waals surface area contributed by atoms with Crippen molar-refractivity contribution in [3.63, 3.8) is 0 Å². The molecule has 0 aromatic heterocycles. The molecule has 126 valence electrons. The van der Waals surface area contributed by atoms with Crippen LogP contribution in [0, 0.1) is 0 Å². The smallest absolute Gasteiger partial charge is 0.305 e. The highest BCUT2D eigenvalue weighted by Crippen LogP contribution is 2.10. The van der Waals surface area contributed by atoms with Crippen molar-refractivity contribution >= 4 is 11.9 Å². The van der Waals surface area contributed by atoms with Gasteiger partial charge in [0.1, 0.15) is 0 Å². The lowest BCUT2D eigenvalue weighted by Crippen LogP contribution is -2.30. The maximum atomic E-state index is 12.0. The Morgan fingerprint density at radius 1 is 0.909 bits per heavy atom. The molecular weight excluding hydrogens is 278 g/mol. The van der Waals surface area contributed by atoms with Crippen molar-refractivity contribution in [3.05, 3.63) is 25.3 Å². The Bertz CT molecular complexity index is 329. The second-order valence-corrected chi connectivity index (χ2v) is 5.30. The summed E-state index contributed by atoms with van der Waals surface area (Å²) in [6, 6.07) is 0. The van der Waals surface area contributed by atoms with E-state index in [9.17, 15) is 9.59 Å². The van der Waals surface area contributed by atoms with E-state index in [1.807, 2.05) is 6.92 Å². The first-order chi connectivity index (χ1) is 10.7. The maximum absolute atomic E-state index is 12.0. The third-order valence-corrected chi connectivity index (χ3v) is 3.38. The summed E-state index contributed by atoms with van der Waals surface area (Å²) >= 11 is 0. The number of rotatable bonds is 14. The Morgan fingerprint density at radius 2 is 1.41 bits per heavy atom. The minimum atomic E-state index is -0.0994. The van der Waals surface area contributed by atoms with Gasteiger partial charge in [-0.25, -0.2) is 0 Å². The van der Waals surface area contributed by atoms with Gasteiger partial charge < -0.3 is 9.64 Å². The van der Waals surface area contributed by atoms with E-state index in [4.69, 9.17) is 4.74 Å². The number of nitrogens with zero attached hydrogens (tertiary/aromatic N) is 1. The molecule has 0 saturated carbocycles. The number of carbonyl (C=O) groups excluding carboxylic acids is 2. The summed E-state index contributed by atoms with van der Waals surface area (Å²) in [7, 11) is 0. The van der Waals surface area contributed by atoms with Crippen molar-refractivity contribution in [2.45, 2.75) is 58.3 Å². The van der Waals surface area contributed by atoms with E-state index in [0.717, 1.165) is 38.5 Å². The molecule has 0 bridgehead atoms. The SMILES string of the molecule is C=CCN(CC=C)C(=O)CCCCCCCCC(=O)OCC. The minimum Gasteiger partial charge on any atom is -0.466 e. The quantitative estimate of drug-likeness (QED) is 0.278. The van der Waals surface area contributed by atoms with Gasteiger partial charge in [-0.3, -0.25) is 9.59 Å². The first-order valence-corrected chi connectivity index (χ1v) is 8.30. The van der Waals surface area contributed by atoms with Gasteiger partial charge in [0.2, 0.25) is 5.91 Å². The number of amides is 1. The molecular formula is C18H31NO3. The molecule has 0 saturated heterocycles. The predicted octanol–water partition coefficient (Wildman–Crippen LogP) is 3.87. The third kappa shape index (κ3) is 11.1. The second-order valence-electron chi connectivity index (χ2n) is 5.30. The van der Waals surface area contributed by atoms with Crippen LogP contribution in [0.5, 0.6) is 0 Å². The molecule has 0 atom stereocenters. The van der Waals surface area contributed by atoms with Gasteiger partial charge in [0.05, 0.1) is 6.61 Å². The number of carbonyl (C=O) groups is 2. The Hall–Kier alpha value is -1.58. The monoisotopic (exact) mass is 309 g/mol. The average molecular weight is 309 g/mol. The van der Waals surface area contributed by atoms with Crippen LogP contribution >= 0.6 is 0 Å². The van der Waals surface area contributed by atoms with Gasteiger partial charge >= 0.3 is 5.97 Å². The van der Waals surface area contributed by atoms with Crippen molar-refractivity contribution in [1.82, 2.24) is 4.90 Å². The lowest BCUT2D eigenvalue weighted by molar-refractivity contribution is -0.143. The van der Waals surface area contributed by atoms with Gasteiger partial charge in [-0.15, -0.1) is 13.2 Å². The third-order valence-electron chi connectivity index (χ3n) is 3.38. The Balaban J connectivity index is 3.55. The summed E-state index contributed by atoms with van der Waals surface area (Å²) in [6.07, 6.45) is 10.7. The molecule has 1 amide bonds. The molecule has 0 unspecified atom stereocenters. The molecule has 0 radical (unpaired) electrons. The Labute approximate surface area is 135 Å². The maximum Gasteiger partial charge on any atom is 0.305 e. The van der Waals surface area contributed by atoms with E-state index in [2.05, 4.69) is 13.2 Å². The fourth-order valence-corrected chi connectivity index (χ4v) is 2.23. The van der Waals surface area contributed by atoms with Crippen LogP contribution in [0.2, 0.25) is 0 Å².